The van der Waals surface area contributed by atoms with Gasteiger partial charge in [0.25, 0.3) is 0 Å². The van der Waals surface area contributed by atoms with Gasteiger partial charge in [0.2, 0.25) is 0 Å². The van der Waals surface area contributed by atoms with Gasteiger partial charge in [-0.2, -0.15) is 5.10 Å². The Kier molecular flexibility index (Phi) is 3.55. The number of anilines is 1. The highest BCUT2D eigenvalue weighted by Gasteiger charge is 2.17. The summed E-state index contributed by atoms with van der Waals surface area (Å²) >= 11 is 0. The van der Waals surface area contributed by atoms with Crippen LogP contribution >= 0.6 is 0 Å². The highest BCUT2D eigenvalue weighted by atomic mass is 19.1. The van der Waals surface area contributed by atoms with Crippen LogP contribution in [0.5, 0.6) is 0 Å². The van der Waals surface area contributed by atoms with Crippen LogP contribution in [0.1, 0.15) is 19.5 Å². The van der Waals surface area contributed by atoms with Gasteiger partial charge < -0.3 is 5.73 Å². The second kappa shape index (κ2) is 4.99. The van der Waals surface area contributed by atoms with Crippen molar-refractivity contribution in [3.8, 4) is 11.1 Å². The van der Waals surface area contributed by atoms with Crippen LogP contribution < -0.4 is 5.73 Å². The van der Waals surface area contributed by atoms with Gasteiger partial charge in [-0.05, 0) is 30.0 Å². The van der Waals surface area contributed by atoms with Crippen molar-refractivity contribution >= 4 is 5.82 Å². The van der Waals surface area contributed by atoms with Crippen molar-refractivity contribution in [2.75, 3.05) is 5.73 Å². The predicted molar refractivity (Wildman–Crippen MR) is 71.5 cm³/mol. The van der Waals surface area contributed by atoms with Crippen LogP contribution in [0.15, 0.2) is 18.2 Å². The topological polar surface area (TPSA) is 43.8 Å². The van der Waals surface area contributed by atoms with Crippen LogP contribution in [-0.4, -0.2) is 9.78 Å². The van der Waals surface area contributed by atoms with E-state index >= 15 is 0 Å². The smallest absolute Gasteiger partial charge is 0.129 e. The molecule has 1 aromatic heterocycles. The number of nitrogens with two attached hydrogens (primary N) is 1. The number of benzene rings is 1. The van der Waals surface area contributed by atoms with Gasteiger partial charge >= 0.3 is 0 Å². The number of nitrogen functional groups attached to an aromatic ring is 1. The fourth-order valence-electron chi connectivity index (χ4n) is 2.14. The quantitative estimate of drug-likeness (QED) is 0.926. The van der Waals surface area contributed by atoms with Gasteiger partial charge in [-0.25, -0.2) is 8.78 Å². The summed E-state index contributed by atoms with van der Waals surface area (Å²) in [6.45, 7) is 4.11. The van der Waals surface area contributed by atoms with Gasteiger partial charge in [0.05, 0.1) is 5.69 Å². The number of rotatable bonds is 3. The minimum Gasteiger partial charge on any atom is -0.383 e. The van der Waals surface area contributed by atoms with Crippen molar-refractivity contribution in [1.82, 2.24) is 9.78 Å². The van der Waals surface area contributed by atoms with Crippen LogP contribution in [0.3, 0.4) is 0 Å². The highest BCUT2D eigenvalue weighted by Crippen LogP contribution is 2.31. The number of aromatic nitrogens is 2. The maximum absolute atomic E-state index is 13.3. The normalized spacial score (nSPS) is 11.3. The van der Waals surface area contributed by atoms with Gasteiger partial charge in [0.1, 0.15) is 17.5 Å². The first kappa shape index (κ1) is 13.5. The molecule has 2 rings (SSSR count). The Labute approximate surface area is 111 Å². The average molecular weight is 265 g/mol. The van der Waals surface area contributed by atoms with Crippen LogP contribution in [0, 0.1) is 17.6 Å². The number of hydrogen-bond acceptors (Lipinski definition) is 2. The molecule has 0 unspecified atom stereocenters. The molecule has 2 N–H and O–H groups in total. The summed E-state index contributed by atoms with van der Waals surface area (Å²) in [6.07, 6.45) is 0.707. The molecule has 0 saturated carbocycles. The maximum Gasteiger partial charge on any atom is 0.129 e. The zero-order valence-corrected chi connectivity index (χ0v) is 11.2. The molecule has 1 heterocycles. The lowest BCUT2D eigenvalue weighted by Crippen LogP contribution is -1.98. The monoisotopic (exact) mass is 265 g/mol. The van der Waals surface area contributed by atoms with Gasteiger partial charge in [0, 0.05) is 18.7 Å². The number of halogens is 2. The molecule has 0 spiro atoms. The Morgan fingerprint density at radius 1 is 1.21 bits per heavy atom. The molecule has 0 radical (unpaired) electrons. The third kappa shape index (κ3) is 2.75. The van der Waals surface area contributed by atoms with Crippen LogP contribution in [0.25, 0.3) is 11.1 Å². The molecule has 0 saturated heterocycles. The van der Waals surface area contributed by atoms with E-state index in [0.717, 1.165) is 11.8 Å². The molecule has 0 aliphatic heterocycles. The molecule has 102 valence electrons. The van der Waals surface area contributed by atoms with Crippen molar-refractivity contribution in [2.45, 2.75) is 20.3 Å². The van der Waals surface area contributed by atoms with Crippen molar-refractivity contribution < 1.29 is 8.78 Å². The summed E-state index contributed by atoms with van der Waals surface area (Å²) in [5.74, 6) is -0.436. The van der Waals surface area contributed by atoms with E-state index in [1.165, 1.54) is 16.8 Å². The fourth-order valence-corrected chi connectivity index (χ4v) is 2.14. The van der Waals surface area contributed by atoms with E-state index in [0.29, 0.717) is 29.3 Å². The Hall–Kier alpha value is -1.91. The standard InChI is InChI=1S/C14H17F2N3/c1-8(2)4-12-13(14(17)19(3)18-12)9-5-10(15)7-11(16)6-9/h5-8H,4,17H2,1-3H3. The Balaban J connectivity index is 2.59. The highest BCUT2D eigenvalue weighted by molar-refractivity contribution is 5.76. The van der Waals surface area contributed by atoms with Crippen molar-refractivity contribution in [1.29, 1.82) is 0 Å². The molecule has 0 amide bonds. The molecule has 0 atom stereocenters. The number of hydrogen-bond donors (Lipinski definition) is 1. The molecule has 1 aromatic carbocycles. The minimum atomic E-state index is -0.617. The zero-order valence-electron chi connectivity index (χ0n) is 11.2. The maximum atomic E-state index is 13.3. The van der Waals surface area contributed by atoms with Crippen molar-refractivity contribution in [3.63, 3.8) is 0 Å². The molecular weight excluding hydrogens is 248 g/mol. The lowest BCUT2D eigenvalue weighted by atomic mass is 9.99. The minimum absolute atomic E-state index is 0.381. The first-order valence-electron chi connectivity index (χ1n) is 6.16. The summed E-state index contributed by atoms with van der Waals surface area (Å²) in [5, 5.41) is 4.33. The molecule has 0 bridgehead atoms. The van der Waals surface area contributed by atoms with Gasteiger partial charge in [0.15, 0.2) is 0 Å². The van der Waals surface area contributed by atoms with E-state index < -0.39 is 11.6 Å². The van der Waals surface area contributed by atoms with Gasteiger partial charge in [-0.1, -0.05) is 13.8 Å². The summed E-state index contributed by atoms with van der Waals surface area (Å²) in [7, 11) is 1.72. The SMILES string of the molecule is CC(C)Cc1nn(C)c(N)c1-c1cc(F)cc(F)c1. The Morgan fingerprint density at radius 2 is 1.79 bits per heavy atom. The van der Waals surface area contributed by atoms with Gasteiger partial charge in [-0.3, -0.25) is 4.68 Å². The van der Waals surface area contributed by atoms with Crippen molar-refractivity contribution in [2.24, 2.45) is 13.0 Å². The fraction of sp³-hybridized carbons (Fsp3) is 0.357. The molecule has 0 aliphatic rings. The summed E-state index contributed by atoms with van der Waals surface area (Å²) < 4.78 is 28.2. The van der Waals surface area contributed by atoms with E-state index in [2.05, 4.69) is 18.9 Å². The molecule has 19 heavy (non-hydrogen) atoms. The average Bonchev–Trinajstić information content (AvgIpc) is 2.52. The van der Waals surface area contributed by atoms with E-state index in [1.54, 1.807) is 7.05 Å². The van der Waals surface area contributed by atoms with E-state index in [-0.39, 0.29) is 0 Å². The second-order valence-corrected chi connectivity index (χ2v) is 5.09. The second-order valence-electron chi connectivity index (χ2n) is 5.09. The molecule has 2 aromatic rings. The molecule has 3 nitrogen and oxygen atoms in total. The molecular formula is C14H17F2N3. The predicted octanol–water partition coefficient (Wildman–Crippen LogP) is 3.15. The Morgan fingerprint density at radius 3 is 2.32 bits per heavy atom. The number of aryl methyl sites for hydroxylation is 1. The first-order valence-corrected chi connectivity index (χ1v) is 6.16. The third-order valence-corrected chi connectivity index (χ3v) is 2.92. The summed E-state index contributed by atoms with van der Waals surface area (Å²) in [4.78, 5) is 0. The van der Waals surface area contributed by atoms with E-state index in [9.17, 15) is 8.78 Å². The largest absolute Gasteiger partial charge is 0.383 e. The summed E-state index contributed by atoms with van der Waals surface area (Å²) in [6, 6.07) is 3.40. The van der Waals surface area contributed by atoms with E-state index in [1.807, 2.05) is 0 Å². The zero-order chi connectivity index (χ0) is 14.2. The molecule has 0 fully saturated rings. The van der Waals surface area contributed by atoms with E-state index in [4.69, 9.17) is 5.73 Å². The summed E-state index contributed by atoms with van der Waals surface area (Å²) in [5.41, 5.74) is 7.78. The van der Waals surface area contributed by atoms with Crippen molar-refractivity contribution in [3.05, 3.63) is 35.5 Å². The first-order chi connectivity index (χ1) is 8.88. The van der Waals surface area contributed by atoms with Gasteiger partial charge in [-0.15, -0.1) is 0 Å². The lowest BCUT2D eigenvalue weighted by Gasteiger charge is -2.06. The lowest BCUT2D eigenvalue weighted by molar-refractivity contribution is 0.584. The van der Waals surface area contributed by atoms with Crippen LogP contribution in [0.2, 0.25) is 0 Å². The molecule has 0 aliphatic carbocycles. The Bertz CT molecular complexity index is 583. The third-order valence-electron chi connectivity index (χ3n) is 2.92. The number of nitrogens with zero attached hydrogens (tertiary/aromatic N) is 2. The van der Waals surface area contributed by atoms with Crippen LogP contribution in [0.4, 0.5) is 14.6 Å². The molecule has 5 heteroatoms. The van der Waals surface area contributed by atoms with Crippen LogP contribution in [-0.2, 0) is 13.5 Å².